The molecule has 2 aromatic heterocycles. The summed E-state index contributed by atoms with van der Waals surface area (Å²) in [5.41, 5.74) is 3.57. The first-order valence-electron chi connectivity index (χ1n) is 7.34. The largest absolute Gasteiger partial charge is 0.396 e. The summed E-state index contributed by atoms with van der Waals surface area (Å²) < 4.78 is 3.96. The third-order valence-electron chi connectivity index (χ3n) is 3.91. The maximum absolute atomic E-state index is 12.1. The summed E-state index contributed by atoms with van der Waals surface area (Å²) in [6.07, 6.45) is 2.69. The second-order valence-corrected chi connectivity index (χ2v) is 5.46. The molecule has 0 aliphatic heterocycles. The van der Waals surface area contributed by atoms with Gasteiger partial charge in [-0.05, 0) is 24.6 Å². The molecule has 114 valence electrons. The molecule has 0 aliphatic carbocycles. The Morgan fingerprint density at radius 2 is 2.05 bits per heavy atom. The minimum atomic E-state index is 0.0379. The molecule has 0 saturated heterocycles. The molecule has 3 rings (SSSR count). The van der Waals surface area contributed by atoms with Crippen LogP contribution in [-0.2, 0) is 14.1 Å². The van der Waals surface area contributed by atoms with Crippen LogP contribution in [0.25, 0.3) is 22.6 Å². The number of aliphatic hydroxyl groups is 1. The number of aryl methyl sites for hydroxylation is 2. The van der Waals surface area contributed by atoms with Gasteiger partial charge in [-0.25, -0.2) is 4.98 Å². The Morgan fingerprint density at radius 1 is 1.27 bits per heavy atom. The van der Waals surface area contributed by atoms with E-state index in [0.29, 0.717) is 18.4 Å². The zero-order valence-corrected chi connectivity index (χ0v) is 12.8. The standard InChI is InChI=1S/C17H19N3O2/c1-19-11-12(16(22)8-5-9-21)10-15(19)17-18-13-6-3-4-7-14(13)20(17)2/h3-4,6-7,10-11,21H,5,8-9H2,1-2H3. The number of nitrogens with zero attached hydrogens (tertiary/aromatic N) is 3. The Balaban J connectivity index is 2.02. The van der Waals surface area contributed by atoms with E-state index in [4.69, 9.17) is 5.11 Å². The van der Waals surface area contributed by atoms with E-state index < -0.39 is 0 Å². The number of benzene rings is 1. The van der Waals surface area contributed by atoms with E-state index in [1.54, 1.807) is 0 Å². The summed E-state index contributed by atoms with van der Waals surface area (Å²) in [7, 11) is 3.89. The van der Waals surface area contributed by atoms with Gasteiger partial charge < -0.3 is 14.2 Å². The smallest absolute Gasteiger partial charge is 0.164 e. The van der Waals surface area contributed by atoms with Crippen LogP contribution in [0.1, 0.15) is 23.2 Å². The first-order valence-corrected chi connectivity index (χ1v) is 7.34. The molecule has 0 bridgehead atoms. The number of fused-ring (bicyclic) bond motifs is 1. The first kappa shape index (κ1) is 14.5. The maximum atomic E-state index is 12.1. The highest BCUT2D eigenvalue weighted by Gasteiger charge is 2.16. The number of Topliss-reactive ketones (excluding diaryl/α,β-unsaturated/α-hetero) is 1. The van der Waals surface area contributed by atoms with Crippen molar-refractivity contribution in [2.75, 3.05) is 6.61 Å². The Hall–Kier alpha value is -2.40. The molecule has 2 heterocycles. The molecule has 0 aliphatic rings. The summed E-state index contributed by atoms with van der Waals surface area (Å²) in [4.78, 5) is 16.8. The second-order valence-electron chi connectivity index (χ2n) is 5.46. The predicted molar refractivity (Wildman–Crippen MR) is 85.8 cm³/mol. The van der Waals surface area contributed by atoms with E-state index in [1.807, 2.05) is 59.8 Å². The fraction of sp³-hybridized carbons (Fsp3) is 0.294. The summed E-state index contributed by atoms with van der Waals surface area (Å²) in [6.45, 7) is 0.0379. The van der Waals surface area contributed by atoms with Crippen molar-refractivity contribution in [3.8, 4) is 11.5 Å². The highest BCUT2D eigenvalue weighted by Crippen LogP contribution is 2.25. The molecule has 0 fully saturated rings. The number of imidazole rings is 1. The van der Waals surface area contributed by atoms with Crippen LogP contribution in [0, 0.1) is 0 Å². The molecule has 1 aromatic carbocycles. The van der Waals surface area contributed by atoms with E-state index in [-0.39, 0.29) is 12.4 Å². The molecule has 0 amide bonds. The van der Waals surface area contributed by atoms with Crippen molar-refractivity contribution in [2.45, 2.75) is 12.8 Å². The fourth-order valence-corrected chi connectivity index (χ4v) is 2.70. The quantitative estimate of drug-likeness (QED) is 0.736. The van der Waals surface area contributed by atoms with Crippen LogP contribution >= 0.6 is 0 Å². The highest BCUT2D eigenvalue weighted by molar-refractivity contribution is 5.97. The van der Waals surface area contributed by atoms with Crippen molar-refractivity contribution in [3.05, 3.63) is 42.1 Å². The molecular formula is C17H19N3O2. The third kappa shape index (κ3) is 2.44. The fourth-order valence-electron chi connectivity index (χ4n) is 2.70. The lowest BCUT2D eigenvalue weighted by Crippen LogP contribution is -1.98. The highest BCUT2D eigenvalue weighted by atomic mass is 16.3. The zero-order chi connectivity index (χ0) is 15.7. The molecule has 0 radical (unpaired) electrons. The maximum Gasteiger partial charge on any atom is 0.164 e. The molecule has 22 heavy (non-hydrogen) atoms. The summed E-state index contributed by atoms with van der Waals surface area (Å²) in [5, 5.41) is 8.85. The molecule has 1 N–H and O–H groups in total. The van der Waals surface area contributed by atoms with Crippen molar-refractivity contribution < 1.29 is 9.90 Å². The number of rotatable bonds is 5. The summed E-state index contributed by atoms with van der Waals surface area (Å²) >= 11 is 0. The van der Waals surface area contributed by atoms with Crippen LogP contribution < -0.4 is 0 Å². The van der Waals surface area contributed by atoms with Gasteiger partial charge in [0.05, 0.1) is 16.7 Å². The molecule has 0 atom stereocenters. The van der Waals surface area contributed by atoms with E-state index in [1.165, 1.54) is 0 Å². The summed E-state index contributed by atoms with van der Waals surface area (Å²) in [6, 6.07) is 9.84. The van der Waals surface area contributed by atoms with Crippen molar-refractivity contribution in [1.29, 1.82) is 0 Å². The van der Waals surface area contributed by atoms with Gasteiger partial charge in [0.2, 0.25) is 0 Å². The monoisotopic (exact) mass is 297 g/mol. The lowest BCUT2D eigenvalue weighted by molar-refractivity contribution is 0.0971. The van der Waals surface area contributed by atoms with Crippen molar-refractivity contribution in [3.63, 3.8) is 0 Å². The van der Waals surface area contributed by atoms with Gasteiger partial charge in [0.1, 0.15) is 0 Å². The van der Waals surface area contributed by atoms with Crippen LogP contribution in [0.2, 0.25) is 0 Å². The lowest BCUT2D eigenvalue weighted by atomic mass is 10.1. The Morgan fingerprint density at radius 3 is 2.77 bits per heavy atom. The van der Waals surface area contributed by atoms with E-state index >= 15 is 0 Å². The van der Waals surface area contributed by atoms with Gasteiger partial charge in [-0.2, -0.15) is 0 Å². The molecule has 5 heteroatoms. The molecule has 0 saturated carbocycles. The predicted octanol–water partition coefficient (Wildman–Crippen LogP) is 2.53. The Bertz CT molecular complexity index is 830. The van der Waals surface area contributed by atoms with Crippen LogP contribution in [-0.4, -0.2) is 31.6 Å². The van der Waals surface area contributed by atoms with Gasteiger partial charge in [-0.3, -0.25) is 4.79 Å². The average Bonchev–Trinajstić information content (AvgIpc) is 3.06. The SMILES string of the molecule is Cn1cc(C(=O)CCCO)cc1-c1nc2ccccc2n1C. The molecule has 0 spiro atoms. The minimum Gasteiger partial charge on any atom is -0.396 e. The number of aromatic nitrogens is 3. The summed E-state index contributed by atoms with van der Waals surface area (Å²) in [5.74, 6) is 0.888. The van der Waals surface area contributed by atoms with Crippen LogP contribution in [0.5, 0.6) is 0 Å². The van der Waals surface area contributed by atoms with Gasteiger partial charge in [-0.1, -0.05) is 12.1 Å². The van der Waals surface area contributed by atoms with Gasteiger partial charge in [0, 0.05) is 38.9 Å². The van der Waals surface area contributed by atoms with Gasteiger partial charge >= 0.3 is 0 Å². The minimum absolute atomic E-state index is 0.0379. The normalized spacial score (nSPS) is 11.2. The van der Waals surface area contributed by atoms with Crippen molar-refractivity contribution >= 4 is 16.8 Å². The number of hydrogen-bond acceptors (Lipinski definition) is 3. The first-order chi connectivity index (χ1) is 10.6. The topological polar surface area (TPSA) is 60.1 Å². The Kier molecular flexibility index (Phi) is 3.81. The number of aliphatic hydroxyl groups excluding tert-OH is 1. The zero-order valence-electron chi connectivity index (χ0n) is 12.8. The third-order valence-corrected chi connectivity index (χ3v) is 3.91. The van der Waals surface area contributed by atoms with E-state index in [0.717, 1.165) is 22.6 Å². The molecule has 3 aromatic rings. The van der Waals surface area contributed by atoms with E-state index in [9.17, 15) is 4.79 Å². The lowest BCUT2D eigenvalue weighted by Gasteiger charge is -2.03. The molecule has 0 unspecified atom stereocenters. The van der Waals surface area contributed by atoms with Crippen molar-refractivity contribution in [2.24, 2.45) is 14.1 Å². The number of carbonyl (C=O) groups excluding carboxylic acids is 1. The molecule has 5 nitrogen and oxygen atoms in total. The van der Waals surface area contributed by atoms with E-state index in [2.05, 4.69) is 4.98 Å². The number of hydrogen-bond donors (Lipinski definition) is 1. The average molecular weight is 297 g/mol. The van der Waals surface area contributed by atoms with Crippen LogP contribution in [0.15, 0.2) is 36.5 Å². The van der Waals surface area contributed by atoms with Gasteiger partial charge in [0.25, 0.3) is 0 Å². The van der Waals surface area contributed by atoms with Crippen LogP contribution in [0.4, 0.5) is 0 Å². The molecular weight excluding hydrogens is 278 g/mol. The van der Waals surface area contributed by atoms with Crippen LogP contribution in [0.3, 0.4) is 0 Å². The Labute approximate surface area is 128 Å². The van der Waals surface area contributed by atoms with Gasteiger partial charge in [0.15, 0.2) is 11.6 Å². The number of para-hydroxylation sites is 2. The number of ketones is 1. The van der Waals surface area contributed by atoms with Gasteiger partial charge in [-0.15, -0.1) is 0 Å². The van der Waals surface area contributed by atoms with Crippen molar-refractivity contribution in [1.82, 2.24) is 14.1 Å². The number of carbonyl (C=O) groups is 1. The second kappa shape index (κ2) is 5.77.